The Morgan fingerprint density at radius 2 is 2.18 bits per heavy atom. The number of rotatable bonds is 2. The molecule has 5 heteroatoms. The highest BCUT2D eigenvalue weighted by molar-refractivity contribution is 5.76. The van der Waals surface area contributed by atoms with E-state index >= 15 is 0 Å². The van der Waals surface area contributed by atoms with Gasteiger partial charge < -0.3 is 4.74 Å². The number of benzene rings is 1. The molecule has 0 aliphatic carbocycles. The predicted octanol–water partition coefficient (Wildman–Crippen LogP) is 1.93. The lowest BCUT2D eigenvalue weighted by Gasteiger charge is -2.14. The minimum Gasteiger partial charge on any atom is -0.468 e. The Kier molecular flexibility index (Phi) is 3.38. The first-order valence-electron chi connectivity index (χ1n) is 5.40. The largest absolute Gasteiger partial charge is 0.468 e. The number of methoxy groups -OCH3 is 1. The Balaban J connectivity index is 2.15. The van der Waals surface area contributed by atoms with Crippen LogP contribution in [0.1, 0.15) is 24.4 Å². The van der Waals surface area contributed by atoms with E-state index in [1.807, 2.05) is 0 Å². The van der Waals surface area contributed by atoms with E-state index in [1.165, 1.54) is 7.11 Å². The van der Waals surface area contributed by atoms with Crippen molar-refractivity contribution < 1.29 is 18.3 Å². The molecule has 1 N–H and O–H groups in total. The maximum Gasteiger partial charge on any atom is 0.322 e. The molecular weight excluding hydrogens is 228 g/mol. The van der Waals surface area contributed by atoms with E-state index in [-0.39, 0.29) is 17.6 Å². The lowest BCUT2D eigenvalue weighted by molar-refractivity contribution is -0.142. The van der Waals surface area contributed by atoms with Gasteiger partial charge in [0.1, 0.15) is 17.7 Å². The van der Waals surface area contributed by atoms with Gasteiger partial charge in [-0.05, 0) is 31.0 Å². The Hall–Kier alpha value is -1.49. The number of hydrogen-bond donors (Lipinski definition) is 1. The molecular formula is C12H13F2NO2. The molecule has 0 aromatic heterocycles. The van der Waals surface area contributed by atoms with Crippen LogP contribution >= 0.6 is 0 Å². The van der Waals surface area contributed by atoms with Crippen LogP contribution in [0, 0.1) is 11.6 Å². The first-order chi connectivity index (χ1) is 8.11. The van der Waals surface area contributed by atoms with Gasteiger partial charge in [0.05, 0.1) is 7.11 Å². The van der Waals surface area contributed by atoms with Crippen LogP contribution in [-0.2, 0) is 9.53 Å². The number of carbonyl (C=O) groups is 1. The average Bonchev–Trinajstić information content (AvgIpc) is 2.80. The third-order valence-electron chi connectivity index (χ3n) is 2.97. The third kappa shape index (κ3) is 2.44. The standard InChI is InChI=1S/C12H13F2NO2/c1-17-12(16)11-5-4-10(15-11)8-6-7(13)2-3-9(8)14/h2-3,6,10-11,15H,4-5H2,1H3/t10-,11-/m1/s1. The second kappa shape index (κ2) is 4.79. The molecule has 17 heavy (non-hydrogen) atoms. The molecule has 0 bridgehead atoms. The average molecular weight is 241 g/mol. The third-order valence-corrected chi connectivity index (χ3v) is 2.97. The van der Waals surface area contributed by atoms with E-state index in [9.17, 15) is 13.6 Å². The predicted molar refractivity (Wildman–Crippen MR) is 57.3 cm³/mol. The van der Waals surface area contributed by atoms with Crippen molar-refractivity contribution in [2.24, 2.45) is 0 Å². The molecule has 1 aliphatic rings. The van der Waals surface area contributed by atoms with Crippen LogP contribution in [0.5, 0.6) is 0 Å². The molecule has 1 aromatic rings. The molecule has 2 rings (SSSR count). The van der Waals surface area contributed by atoms with Crippen LogP contribution in [0.25, 0.3) is 0 Å². The van der Waals surface area contributed by atoms with Gasteiger partial charge >= 0.3 is 5.97 Å². The fraction of sp³-hybridized carbons (Fsp3) is 0.417. The summed E-state index contributed by atoms with van der Waals surface area (Å²) in [6.45, 7) is 0. The van der Waals surface area contributed by atoms with Gasteiger partial charge in [-0.1, -0.05) is 0 Å². The number of hydrogen-bond acceptors (Lipinski definition) is 3. The Bertz CT molecular complexity index is 437. The second-order valence-corrected chi connectivity index (χ2v) is 4.04. The fourth-order valence-electron chi connectivity index (χ4n) is 2.10. The molecule has 0 saturated carbocycles. The van der Waals surface area contributed by atoms with Crippen molar-refractivity contribution in [2.45, 2.75) is 24.9 Å². The zero-order valence-corrected chi connectivity index (χ0v) is 9.37. The molecule has 0 radical (unpaired) electrons. The summed E-state index contributed by atoms with van der Waals surface area (Å²) < 4.78 is 31.1. The van der Waals surface area contributed by atoms with Gasteiger partial charge in [0, 0.05) is 11.6 Å². The highest BCUT2D eigenvalue weighted by atomic mass is 19.1. The topological polar surface area (TPSA) is 38.3 Å². The molecule has 0 unspecified atom stereocenters. The van der Waals surface area contributed by atoms with E-state index in [0.29, 0.717) is 12.8 Å². The van der Waals surface area contributed by atoms with Gasteiger partial charge in [0.15, 0.2) is 0 Å². The summed E-state index contributed by atoms with van der Waals surface area (Å²) in [4.78, 5) is 11.3. The maximum atomic E-state index is 13.5. The van der Waals surface area contributed by atoms with Crippen molar-refractivity contribution in [3.05, 3.63) is 35.4 Å². The summed E-state index contributed by atoms with van der Waals surface area (Å²) in [6.07, 6.45) is 1.15. The zero-order valence-electron chi connectivity index (χ0n) is 9.37. The number of ether oxygens (including phenoxy) is 1. The van der Waals surface area contributed by atoms with E-state index < -0.39 is 17.7 Å². The fourth-order valence-corrected chi connectivity index (χ4v) is 2.10. The molecule has 3 nitrogen and oxygen atoms in total. The summed E-state index contributed by atoms with van der Waals surface area (Å²) in [5, 5.41) is 2.94. The van der Waals surface area contributed by atoms with Crippen LogP contribution < -0.4 is 5.32 Å². The van der Waals surface area contributed by atoms with E-state index in [4.69, 9.17) is 0 Å². The lowest BCUT2D eigenvalue weighted by atomic mass is 10.0. The number of nitrogens with one attached hydrogen (secondary N) is 1. The molecule has 1 aliphatic heterocycles. The summed E-state index contributed by atoms with van der Waals surface area (Å²) in [7, 11) is 1.31. The van der Waals surface area contributed by atoms with Crippen molar-refractivity contribution in [3.8, 4) is 0 Å². The lowest BCUT2D eigenvalue weighted by Crippen LogP contribution is -2.33. The Labute approximate surface area is 97.8 Å². The second-order valence-electron chi connectivity index (χ2n) is 4.04. The number of esters is 1. The maximum absolute atomic E-state index is 13.5. The van der Waals surface area contributed by atoms with Gasteiger partial charge in [-0.2, -0.15) is 0 Å². The summed E-state index contributed by atoms with van der Waals surface area (Å²) in [5.41, 5.74) is 0.261. The summed E-state index contributed by atoms with van der Waals surface area (Å²) in [6, 6.07) is 2.55. The molecule has 1 heterocycles. The molecule has 2 atom stereocenters. The van der Waals surface area contributed by atoms with E-state index in [2.05, 4.69) is 10.1 Å². The summed E-state index contributed by atoms with van der Waals surface area (Å²) in [5.74, 6) is -1.32. The first-order valence-corrected chi connectivity index (χ1v) is 5.40. The molecule has 0 amide bonds. The van der Waals surface area contributed by atoms with Gasteiger partial charge in [-0.15, -0.1) is 0 Å². The molecule has 1 aromatic carbocycles. The SMILES string of the molecule is COC(=O)[C@H]1CC[C@H](c2cc(F)ccc2F)N1. The van der Waals surface area contributed by atoms with Crippen molar-refractivity contribution in [3.63, 3.8) is 0 Å². The first kappa shape index (κ1) is 12.0. The highest BCUT2D eigenvalue weighted by Crippen LogP contribution is 2.29. The van der Waals surface area contributed by atoms with Crippen LogP contribution in [0.4, 0.5) is 8.78 Å². The quantitative estimate of drug-likeness (QED) is 0.804. The van der Waals surface area contributed by atoms with Gasteiger partial charge in [-0.3, -0.25) is 10.1 Å². The number of halogens is 2. The van der Waals surface area contributed by atoms with Crippen molar-refractivity contribution in [1.29, 1.82) is 0 Å². The van der Waals surface area contributed by atoms with E-state index in [0.717, 1.165) is 18.2 Å². The van der Waals surface area contributed by atoms with Crippen LogP contribution in [0.2, 0.25) is 0 Å². The van der Waals surface area contributed by atoms with Crippen molar-refractivity contribution >= 4 is 5.97 Å². The normalized spacial score (nSPS) is 23.7. The van der Waals surface area contributed by atoms with E-state index in [1.54, 1.807) is 0 Å². The minimum atomic E-state index is -0.482. The van der Waals surface area contributed by atoms with Crippen molar-refractivity contribution in [2.75, 3.05) is 7.11 Å². The van der Waals surface area contributed by atoms with Crippen LogP contribution in [0.3, 0.4) is 0 Å². The van der Waals surface area contributed by atoms with Gasteiger partial charge in [-0.25, -0.2) is 8.78 Å². The van der Waals surface area contributed by atoms with Crippen molar-refractivity contribution in [1.82, 2.24) is 5.32 Å². The monoisotopic (exact) mass is 241 g/mol. The van der Waals surface area contributed by atoms with Gasteiger partial charge in [0.2, 0.25) is 0 Å². The summed E-state index contributed by atoms with van der Waals surface area (Å²) >= 11 is 0. The molecule has 0 spiro atoms. The number of carbonyl (C=O) groups excluding carboxylic acids is 1. The molecule has 92 valence electrons. The smallest absolute Gasteiger partial charge is 0.322 e. The Morgan fingerprint density at radius 3 is 2.88 bits per heavy atom. The zero-order chi connectivity index (χ0) is 12.4. The molecule has 1 saturated heterocycles. The minimum absolute atomic E-state index is 0.261. The van der Waals surface area contributed by atoms with Crippen LogP contribution in [-0.4, -0.2) is 19.1 Å². The highest BCUT2D eigenvalue weighted by Gasteiger charge is 2.31. The Morgan fingerprint density at radius 1 is 1.41 bits per heavy atom. The van der Waals surface area contributed by atoms with Gasteiger partial charge in [0.25, 0.3) is 0 Å². The molecule has 1 fully saturated rings. The van der Waals surface area contributed by atoms with Crippen LogP contribution in [0.15, 0.2) is 18.2 Å².